The number of benzene rings is 1. The smallest absolute Gasteiger partial charge is 0.407 e. The third-order valence-corrected chi connectivity index (χ3v) is 5.32. The maximum Gasteiger partial charge on any atom is 0.407 e. The molecule has 1 aromatic carbocycles. The van der Waals surface area contributed by atoms with Gasteiger partial charge in [0.1, 0.15) is 5.60 Å². The summed E-state index contributed by atoms with van der Waals surface area (Å²) < 4.78 is 7.52. The monoisotopic (exact) mass is 413 g/mol. The minimum absolute atomic E-state index is 0.386. The molecule has 124 valence electrons. The van der Waals surface area contributed by atoms with Crippen molar-refractivity contribution in [2.45, 2.75) is 48.9 Å². The summed E-state index contributed by atoms with van der Waals surface area (Å²) in [6.45, 7) is 8.13. The Labute approximate surface area is 153 Å². The second kappa shape index (κ2) is 7.73. The quantitative estimate of drug-likeness (QED) is 0.667. The van der Waals surface area contributed by atoms with E-state index in [9.17, 15) is 4.79 Å². The summed E-state index contributed by atoms with van der Waals surface area (Å²) in [5.41, 5.74) is 0.754. The molecular weight excluding hydrogens is 394 g/mol. The zero-order chi connectivity index (χ0) is 17.0. The van der Waals surface area contributed by atoms with Crippen LogP contribution in [0.15, 0.2) is 43.9 Å². The first kappa shape index (κ1) is 18.4. The van der Waals surface area contributed by atoms with Gasteiger partial charge in [0, 0.05) is 14.2 Å². The van der Waals surface area contributed by atoms with Crippen molar-refractivity contribution in [3.05, 3.63) is 45.2 Å². The Morgan fingerprint density at radius 1 is 1.30 bits per heavy atom. The lowest BCUT2D eigenvalue weighted by atomic mass is 10.2. The van der Waals surface area contributed by atoms with Gasteiger partial charge in [0.05, 0.1) is 10.8 Å². The van der Waals surface area contributed by atoms with Crippen LogP contribution in [0.2, 0.25) is 0 Å². The molecule has 1 N–H and O–H groups in total. The molecule has 6 heteroatoms. The van der Waals surface area contributed by atoms with Gasteiger partial charge >= 0.3 is 6.09 Å². The summed E-state index contributed by atoms with van der Waals surface area (Å²) in [6.07, 6.45) is -0.386. The van der Waals surface area contributed by atoms with Crippen molar-refractivity contribution in [1.82, 2.24) is 5.32 Å². The zero-order valence-electron chi connectivity index (χ0n) is 13.6. The van der Waals surface area contributed by atoms with E-state index in [1.807, 2.05) is 26.8 Å². The first-order valence-electron chi connectivity index (χ1n) is 7.22. The summed E-state index contributed by atoms with van der Waals surface area (Å²) in [6, 6.07) is 10.5. The highest BCUT2D eigenvalue weighted by atomic mass is 79.9. The van der Waals surface area contributed by atoms with Crippen molar-refractivity contribution in [2.75, 3.05) is 0 Å². The van der Waals surface area contributed by atoms with Gasteiger partial charge in [-0.1, -0.05) is 27.7 Å². The lowest BCUT2D eigenvalue weighted by Crippen LogP contribution is -2.31. The Morgan fingerprint density at radius 3 is 2.70 bits per heavy atom. The molecule has 0 fully saturated rings. The van der Waals surface area contributed by atoms with E-state index in [0.29, 0.717) is 6.54 Å². The molecule has 0 aliphatic heterocycles. The van der Waals surface area contributed by atoms with E-state index in [1.54, 1.807) is 23.1 Å². The number of halogens is 1. The summed E-state index contributed by atoms with van der Waals surface area (Å²) in [4.78, 5) is 14.0. The zero-order valence-corrected chi connectivity index (χ0v) is 16.8. The minimum Gasteiger partial charge on any atom is -0.444 e. The number of ether oxygens (including phenoxy) is 1. The van der Waals surface area contributed by atoms with Crippen LogP contribution in [0.3, 0.4) is 0 Å². The third-order valence-electron chi connectivity index (χ3n) is 2.68. The molecule has 23 heavy (non-hydrogen) atoms. The van der Waals surface area contributed by atoms with Crippen LogP contribution in [0.5, 0.6) is 0 Å². The van der Waals surface area contributed by atoms with E-state index in [-0.39, 0.29) is 6.09 Å². The van der Waals surface area contributed by atoms with Gasteiger partial charge in [0.2, 0.25) is 0 Å². The van der Waals surface area contributed by atoms with Crippen molar-refractivity contribution in [1.29, 1.82) is 0 Å². The molecule has 0 bridgehead atoms. The first-order chi connectivity index (χ1) is 10.7. The molecule has 3 nitrogen and oxygen atoms in total. The summed E-state index contributed by atoms with van der Waals surface area (Å²) in [5.74, 6) is 0. The van der Waals surface area contributed by atoms with E-state index < -0.39 is 5.60 Å². The van der Waals surface area contributed by atoms with Crippen LogP contribution in [0.1, 0.15) is 31.2 Å². The van der Waals surface area contributed by atoms with Gasteiger partial charge in [0.25, 0.3) is 0 Å². The fourth-order valence-corrected chi connectivity index (χ4v) is 4.87. The Bertz CT molecular complexity index is 672. The fourth-order valence-electron chi connectivity index (χ4n) is 1.86. The number of rotatable bonds is 4. The van der Waals surface area contributed by atoms with E-state index >= 15 is 0 Å². The predicted octanol–water partition coefficient (Wildman–Crippen LogP) is 5.99. The highest BCUT2D eigenvalue weighted by Crippen LogP contribution is 2.35. The number of nitrogens with one attached hydrogen (secondary N) is 1. The largest absolute Gasteiger partial charge is 0.444 e. The minimum atomic E-state index is -0.473. The number of amides is 1. The van der Waals surface area contributed by atoms with Gasteiger partial charge in [-0.15, -0.1) is 11.3 Å². The average Bonchev–Trinajstić information content (AvgIpc) is 2.80. The summed E-state index contributed by atoms with van der Waals surface area (Å²) in [7, 11) is 0. The van der Waals surface area contributed by atoms with Gasteiger partial charge in [-0.3, -0.25) is 0 Å². The molecule has 0 aliphatic rings. The van der Waals surface area contributed by atoms with Gasteiger partial charge in [-0.2, -0.15) is 0 Å². The molecule has 0 atom stereocenters. The summed E-state index contributed by atoms with van der Waals surface area (Å²) >= 11 is 6.93. The topological polar surface area (TPSA) is 38.3 Å². The van der Waals surface area contributed by atoms with Crippen molar-refractivity contribution in [2.24, 2.45) is 0 Å². The van der Waals surface area contributed by atoms with Crippen molar-refractivity contribution in [3.63, 3.8) is 0 Å². The van der Waals surface area contributed by atoms with E-state index in [0.717, 1.165) is 9.35 Å². The van der Waals surface area contributed by atoms with Gasteiger partial charge < -0.3 is 10.1 Å². The van der Waals surface area contributed by atoms with Crippen LogP contribution in [0.25, 0.3) is 0 Å². The molecule has 0 spiro atoms. The Balaban J connectivity index is 1.92. The number of aryl methyl sites for hydroxylation is 1. The number of hydrogen-bond donors (Lipinski definition) is 1. The second-order valence-corrected chi connectivity index (χ2v) is 9.60. The maximum atomic E-state index is 11.7. The van der Waals surface area contributed by atoms with Crippen LogP contribution in [-0.4, -0.2) is 11.7 Å². The average molecular weight is 414 g/mol. The Morgan fingerprint density at radius 2 is 2.04 bits per heavy atom. The van der Waals surface area contributed by atoms with Crippen LogP contribution in [-0.2, 0) is 11.3 Å². The molecule has 0 radical (unpaired) electrons. The number of thiophene rings is 1. The number of hydrogen-bond acceptors (Lipinski definition) is 4. The molecule has 1 amide bonds. The lowest BCUT2D eigenvalue weighted by molar-refractivity contribution is 0.0524. The highest BCUT2D eigenvalue weighted by molar-refractivity contribution is 9.10. The van der Waals surface area contributed by atoms with E-state index in [2.05, 4.69) is 52.4 Å². The number of carbonyl (C=O) groups excluding carboxylic acids is 1. The highest BCUT2D eigenvalue weighted by Gasteiger charge is 2.16. The fraction of sp³-hybridized carbons (Fsp3) is 0.353. The molecule has 1 heterocycles. The molecule has 0 unspecified atom stereocenters. The van der Waals surface area contributed by atoms with Gasteiger partial charge in [-0.25, -0.2) is 4.79 Å². The number of carbonyl (C=O) groups is 1. The summed E-state index contributed by atoms with van der Waals surface area (Å²) in [5, 5.41) is 2.78. The second-order valence-electron chi connectivity index (χ2n) is 6.14. The van der Waals surface area contributed by atoms with Gasteiger partial charge in [-0.05, 0) is 63.6 Å². The Hall–Kier alpha value is -0.980. The molecule has 0 aliphatic carbocycles. The normalized spacial score (nSPS) is 11.3. The van der Waals surface area contributed by atoms with Gasteiger partial charge in [0.15, 0.2) is 0 Å². The lowest BCUT2D eigenvalue weighted by Gasteiger charge is -2.19. The van der Waals surface area contributed by atoms with Crippen LogP contribution in [0, 0.1) is 6.92 Å². The predicted molar refractivity (Wildman–Crippen MR) is 100 cm³/mol. The molecule has 0 saturated carbocycles. The molecule has 2 rings (SSSR count). The maximum absolute atomic E-state index is 11.7. The molecule has 2 aromatic rings. The standard InChI is InChI=1S/C17H20BrNO2S2/c1-11-7-12(18)9-14(8-11)23-15-6-5-13(22-15)10-19-16(20)21-17(2,3)4/h5-9H,10H2,1-4H3,(H,19,20). The van der Waals surface area contributed by atoms with E-state index in [4.69, 9.17) is 4.74 Å². The van der Waals surface area contributed by atoms with Crippen molar-refractivity contribution in [3.8, 4) is 0 Å². The Kier molecular flexibility index (Phi) is 6.17. The SMILES string of the molecule is Cc1cc(Br)cc(Sc2ccc(CNC(=O)OC(C)(C)C)s2)c1. The van der Waals surface area contributed by atoms with E-state index in [1.165, 1.54) is 14.7 Å². The third kappa shape index (κ3) is 6.57. The number of alkyl carbamates (subject to hydrolysis) is 1. The van der Waals surface area contributed by atoms with Crippen LogP contribution >= 0.6 is 39.0 Å². The van der Waals surface area contributed by atoms with Crippen molar-refractivity contribution < 1.29 is 9.53 Å². The molecular formula is C17H20BrNO2S2. The van der Waals surface area contributed by atoms with Crippen molar-refractivity contribution >= 4 is 45.1 Å². The van der Waals surface area contributed by atoms with Crippen LogP contribution < -0.4 is 5.32 Å². The molecule has 0 saturated heterocycles. The molecule has 1 aromatic heterocycles. The first-order valence-corrected chi connectivity index (χ1v) is 9.64. The van der Waals surface area contributed by atoms with Crippen LogP contribution in [0.4, 0.5) is 4.79 Å².